The van der Waals surface area contributed by atoms with E-state index in [0.29, 0.717) is 18.1 Å². The number of hydrogen-bond acceptors (Lipinski definition) is 5. The van der Waals surface area contributed by atoms with E-state index in [4.69, 9.17) is 0 Å². The standard InChI is InChI=1S/C21H29FN6O2S/c1-3-23-21(28-13-11-27(12-14-28)20-6-4-5-9-24-20)25-10-15-31(29,30)26-18-8-7-17(2)19(22)16-18/h4-9,16,26H,3,10-15H2,1-2H3,(H,23,25). The van der Waals surface area contributed by atoms with Gasteiger partial charge in [-0.15, -0.1) is 0 Å². The normalized spacial score (nSPS) is 15.1. The number of piperazine rings is 1. The SMILES string of the molecule is CCNC(=NCCS(=O)(=O)Nc1ccc(C)c(F)c1)N1CCN(c2ccccn2)CC1. The number of anilines is 2. The number of halogens is 1. The quantitative estimate of drug-likeness (QED) is 0.498. The summed E-state index contributed by atoms with van der Waals surface area (Å²) in [5.41, 5.74) is 0.676. The number of aromatic nitrogens is 1. The molecule has 1 aliphatic heterocycles. The summed E-state index contributed by atoms with van der Waals surface area (Å²) >= 11 is 0. The Morgan fingerprint density at radius 2 is 1.97 bits per heavy atom. The number of aliphatic imine (C=N–C) groups is 1. The van der Waals surface area contributed by atoms with Crippen LogP contribution in [0.5, 0.6) is 0 Å². The molecule has 10 heteroatoms. The maximum Gasteiger partial charge on any atom is 0.234 e. The van der Waals surface area contributed by atoms with Crippen molar-refractivity contribution in [2.24, 2.45) is 4.99 Å². The average molecular weight is 449 g/mol. The summed E-state index contributed by atoms with van der Waals surface area (Å²) in [5.74, 6) is 1.01. The van der Waals surface area contributed by atoms with E-state index in [-0.39, 0.29) is 18.0 Å². The smallest absolute Gasteiger partial charge is 0.234 e. The molecule has 1 saturated heterocycles. The number of rotatable bonds is 7. The third kappa shape index (κ3) is 6.55. The molecule has 0 aliphatic carbocycles. The molecule has 3 rings (SSSR count). The van der Waals surface area contributed by atoms with Crippen LogP contribution in [0.2, 0.25) is 0 Å². The maximum absolute atomic E-state index is 13.7. The van der Waals surface area contributed by atoms with E-state index in [2.05, 4.69) is 29.8 Å². The molecule has 31 heavy (non-hydrogen) atoms. The minimum absolute atomic E-state index is 0.104. The number of benzene rings is 1. The van der Waals surface area contributed by atoms with Crippen LogP contribution in [0.25, 0.3) is 0 Å². The zero-order valence-corrected chi connectivity index (χ0v) is 18.7. The Balaban J connectivity index is 1.56. The molecule has 0 radical (unpaired) electrons. The molecule has 2 aromatic rings. The lowest BCUT2D eigenvalue weighted by Crippen LogP contribution is -2.52. The molecular weight excluding hydrogens is 419 g/mol. The van der Waals surface area contributed by atoms with E-state index in [1.165, 1.54) is 6.07 Å². The average Bonchev–Trinajstić information content (AvgIpc) is 2.76. The summed E-state index contributed by atoms with van der Waals surface area (Å²) in [6.45, 7) is 7.52. The van der Waals surface area contributed by atoms with Gasteiger partial charge in [-0.3, -0.25) is 9.71 Å². The second-order valence-electron chi connectivity index (χ2n) is 7.28. The summed E-state index contributed by atoms with van der Waals surface area (Å²) in [6.07, 6.45) is 1.78. The van der Waals surface area contributed by atoms with Crippen molar-refractivity contribution in [3.05, 3.63) is 54.0 Å². The third-order valence-electron chi connectivity index (χ3n) is 4.95. The molecule has 2 heterocycles. The molecule has 1 fully saturated rings. The molecule has 0 unspecified atom stereocenters. The summed E-state index contributed by atoms with van der Waals surface area (Å²) < 4.78 is 40.8. The molecule has 168 valence electrons. The largest absolute Gasteiger partial charge is 0.357 e. The minimum Gasteiger partial charge on any atom is -0.357 e. The molecule has 0 amide bonds. The van der Waals surface area contributed by atoms with E-state index < -0.39 is 15.8 Å². The zero-order valence-electron chi connectivity index (χ0n) is 17.9. The summed E-state index contributed by atoms with van der Waals surface area (Å²) in [5, 5.41) is 3.23. The van der Waals surface area contributed by atoms with Crippen LogP contribution in [0.3, 0.4) is 0 Å². The van der Waals surface area contributed by atoms with Crippen molar-refractivity contribution < 1.29 is 12.8 Å². The lowest BCUT2D eigenvalue weighted by Gasteiger charge is -2.37. The van der Waals surface area contributed by atoms with Crippen LogP contribution in [0.4, 0.5) is 15.9 Å². The van der Waals surface area contributed by atoms with Crippen LogP contribution in [0.15, 0.2) is 47.6 Å². The highest BCUT2D eigenvalue weighted by Crippen LogP contribution is 2.15. The van der Waals surface area contributed by atoms with Crippen molar-refractivity contribution in [1.82, 2.24) is 15.2 Å². The van der Waals surface area contributed by atoms with Crippen molar-refractivity contribution in [2.75, 3.05) is 54.6 Å². The van der Waals surface area contributed by atoms with Crippen LogP contribution in [0.1, 0.15) is 12.5 Å². The zero-order chi connectivity index (χ0) is 22.3. The van der Waals surface area contributed by atoms with Gasteiger partial charge in [0.25, 0.3) is 0 Å². The number of nitrogens with zero attached hydrogens (tertiary/aromatic N) is 4. The Hall–Kier alpha value is -2.88. The number of guanidine groups is 1. The van der Waals surface area contributed by atoms with Gasteiger partial charge in [-0.2, -0.15) is 0 Å². The number of sulfonamides is 1. The van der Waals surface area contributed by atoms with Gasteiger partial charge in [0.1, 0.15) is 11.6 Å². The fourth-order valence-corrected chi connectivity index (χ4v) is 4.19. The fraction of sp³-hybridized carbons (Fsp3) is 0.429. The molecule has 1 aromatic heterocycles. The van der Waals surface area contributed by atoms with Gasteiger partial charge in [0.05, 0.1) is 18.0 Å². The Morgan fingerprint density at radius 1 is 1.19 bits per heavy atom. The van der Waals surface area contributed by atoms with Gasteiger partial charge in [0.15, 0.2) is 5.96 Å². The summed E-state index contributed by atoms with van der Waals surface area (Å²) in [4.78, 5) is 13.2. The van der Waals surface area contributed by atoms with E-state index >= 15 is 0 Å². The van der Waals surface area contributed by atoms with Crippen molar-refractivity contribution >= 4 is 27.5 Å². The number of hydrogen-bond donors (Lipinski definition) is 2. The molecular formula is C21H29FN6O2S. The van der Waals surface area contributed by atoms with Crippen molar-refractivity contribution in [1.29, 1.82) is 0 Å². The highest BCUT2D eigenvalue weighted by molar-refractivity contribution is 7.92. The Bertz CT molecular complexity index is 992. The lowest BCUT2D eigenvalue weighted by molar-refractivity contribution is 0.372. The van der Waals surface area contributed by atoms with E-state index in [9.17, 15) is 12.8 Å². The first kappa shape index (κ1) is 22.8. The maximum atomic E-state index is 13.7. The molecule has 1 aromatic carbocycles. The second-order valence-corrected chi connectivity index (χ2v) is 9.12. The summed E-state index contributed by atoms with van der Waals surface area (Å²) in [7, 11) is -3.64. The van der Waals surface area contributed by atoms with Crippen LogP contribution < -0.4 is 14.9 Å². The highest BCUT2D eigenvalue weighted by atomic mass is 32.2. The molecule has 0 saturated carbocycles. The third-order valence-corrected chi connectivity index (χ3v) is 6.22. The van der Waals surface area contributed by atoms with Crippen LogP contribution in [-0.4, -0.2) is 69.3 Å². The summed E-state index contributed by atoms with van der Waals surface area (Å²) in [6, 6.07) is 10.1. The highest BCUT2D eigenvalue weighted by Gasteiger charge is 2.20. The first-order valence-electron chi connectivity index (χ1n) is 10.3. The molecule has 2 N–H and O–H groups in total. The Morgan fingerprint density at radius 3 is 2.61 bits per heavy atom. The number of pyridine rings is 1. The minimum atomic E-state index is -3.64. The first-order valence-corrected chi connectivity index (χ1v) is 12.0. The van der Waals surface area contributed by atoms with Gasteiger partial charge in [-0.05, 0) is 43.7 Å². The van der Waals surface area contributed by atoms with Gasteiger partial charge in [-0.25, -0.2) is 17.8 Å². The van der Waals surface area contributed by atoms with Crippen molar-refractivity contribution in [2.45, 2.75) is 13.8 Å². The second kappa shape index (κ2) is 10.4. The number of aryl methyl sites for hydroxylation is 1. The Labute approximate surface area is 183 Å². The van der Waals surface area contributed by atoms with Gasteiger partial charge in [0.2, 0.25) is 10.0 Å². The van der Waals surface area contributed by atoms with Crippen LogP contribution >= 0.6 is 0 Å². The molecule has 0 bridgehead atoms. The molecule has 8 nitrogen and oxygen atoms in total. The van der Waals surface area contributed by atoms with Crippen LogP contribution in [-0.2, 0) is 10.0 Å². The van der Waals surface area contributed by atoms with E-state index in [1.54, 1.807) is 25.3 Å². The Kier molecular flexibility index (Phi) is 7.67. The van der Waals surface area contributed by atoms with Crippen molar-refractivity contribution in [3.8, 4) is 0 Å². The monoisotopic (exact) mass is 448 g/mol. The van der Waals surface area contributed by atoms with Gasteiger partial charge >= 0.3 is 0 Å². The van der Waals surface area contributed by atoms with Crippen molar-refractivity contribution in [3.63, 3.8) is 0 Å². The van der Waals surface area contributed by atoms with Gasteiger partial charge < -0.3 is 15.1 Å². The first-order chi connectivity index (χ1) is 14.9. The number of nitrogens with one attached hydrogen (secondary N) is 2. The van der Waals surface area contributed by atoms with Gasteiger partial charge in [0, 0.05) is 38.9 Å². The fourth-order valence-electron chi connectivity index (χ4n) is 3.27. The molecule has 1 aliphatic rings. The molecule has 0 spiro atoms. The van der Waals surface area contributed by atoms with E-state index in [1.807, 2.05) is 25.1 Å². The predicted octanol–water partition coefficient (Wildman–Crippen LogP) is 2.06. The van der Waals surface area contributed by atoms with E-state index in [0.717, 1.165) is 32.0 Å². The van der Waals surface area contributed by atoms with Crippen LogP contribution in [0, 0.1) is 12.7 Å². The lowest BCUT2D eigenvalue weighted by atomic mass is 10.2. The molecule has 0 atom stereocenters. The predicted molar refractivity (Wildman–Crippen MR) is 123 cm³/mol. The topological polar surface area (TPSA) is 89.9 Å². The van der Waals surface area contributed by atoms with Gasteiger partial charge in [-0.1, -0.05) is 12.1 Å².